The molecular weight excluding hydrogens is 387 g/mol. The third kappa shape index (κ3) is 5.41. The first-order valence-electron chi connectivity index (χ1n) is 9.66. The van der Waals surface area contributed by atoms with Crippen molar-refractivity contribution in [1.29, 1.82) is 0 Å². The zero-order valence-electron chi connectivity index (χ0n) is 16.9. The minimum absolute atomic E-state index is 0.0317. The first kappa shape index (κ1) is 21.0. The van der Waals surface area contributed by atoms with Gasteiger partial charge in [0, 0.05) is 11.4 Å². The summed E-state index contributed by atoms with van der Waals surface area (Å²) >= 11 is 1.50. The number of rotatable bonds is 8. The third-order valence-electron chi connectivity index (χ3n) is 4.77. The second kappa shape index (κ2) is 9.65. The quantitative estimate of drug-likeness (QED) is 0.483. The van der Waals surface area contributed by atoms with E-state index in [9.17, 15) is 9.18 Å². The smallest absolute Gasteiger partial charge is 0.257 e. The van der Waals surface area contributed by atoms with E-state index in [2.05, 4.69) is 4.98 Å². The molecule has 0 fully saturated rings. The minimum Gasteiger partial charge on any atom is -0.486 e. The van der Waals surface area contributed by atoms with Crippen molar-refractivity contribution in [1.82, 2.24) is 9.88 Å². The Morgan fingerprint density at radius 3 is 2.76 bits per heavy atom. The fourth-order valence-electron chi connectivity index (χ4n) is 2.95. The monoisotopic (exact) mass is 412 g/mol. The van der Waals surface area contributed by atoms with Gasteiger partial charge in [0.05, 0.1) is 17.8 Å². The lowest BCUT2D eigenvalue weighted by Gasteiger charge is -2.28. The van der Waals surface area contributed by atoms with Gasteiger partial charge in [-0.1, -0.05) is 31.2 Å². The first-order valence-corrected chi connectivity index (χ1v) is 10.5. The summed E-state index contributed by atoms with van der Waals surface area (Å²) in [5.41, 5.74) is 2.01. The highest BCUT2D eigenvalue weighted by molar-refractivity contribution is 7.09. The maximum Gasteiger partial charge on any atom is 0.257 e. The maximum absolute atomic E-state index is 14.1. The molecule has 3 aromatic rings. The predicted molar refractivity (Wildman–Crippen MR) is 114 cm³/mol. The molecule has 0 saturated heterocycles. The van der Waals surface area contributed by atoms with Crippen LogP contribution in [0.3, 0.4) is 0 Å². The normalized spacial score (nSPS) is 11.9. The zero-order valence-corrected chi connectivity index (χ0v) is 17.7. The SMILES string of the molecule is CC[C@@H](C)N(Cc1csc(COc2cccc(C)c2)n1)C(=O)c1ccccc1F. The molecule has 2 aromatic carbocycles. The van der Waals surface area contributed by atoms with Crippen LogP contribution in [0.15, 0.2) is 53.9 Å². The van der Waals surface area contributed by atoms with Crippen molar-refractivity contribution in [3.63, 3.8) is 0 Å². The van der Waals surface area contributed by atoms with Crippen molar-refractivity contribution in [2.75, 3.05) is 0 Å². The summed E-state index contributed by atoms with van der Waals surface area (Å²) < 4.78 is 19.9. The van der Waals surface area contributed by atoms with E-state index >= 15 is 0 Å². The lowest BCUT2D eigenvalue weighted by atomic mass is 10.1. The Labute approximate surface area is 175 Å². The van der Waals surface area contributed by atoms with E-state index in [0.717, 1.165) is 28.4 Å². The number of carbonyl (C=O) groups is 1. The standard InChI is InChI=1S/C23H25FN2O2S/c1-4-17(3)26(23(27)20-10-5-6-11-21(20)24)13-18-15-29-22(25-18)14-28-19-9-7-8-16(2)12-19/h5-12,15,17H,4,13-14H2,1-3H3/t17-/m1/s1. The molecule has 0 radical (unpaired) electrons. The number of amides is 1. The minimum atomic E-state index is -0.503. The second-order valence-corrected chi connectivity index (χ2v) is 7.95. The molecule has 1 heterocycles. The molecule has 6 heteroatoms. The van der Waals surface area contributed by atoms with Crippen LogP contribution in [0.25, 0.3) is 0 Å². The Hall–Kier alpha value is -2.73. The molecule has 0 saturated carbocycles. The molecule has 1 aromatic heterocycles. The van der Waals surface area contributed by atoms with Gasteiger partial charge < -0.3 is 9.64 Å². The van der Waals surface area contributed by atoms with Gasteiger partial charge in [0.15, 0.2) is 0 Å². The topological polar surface area (TPSA) is 42.4 Å². The third-order valence-corrected chi connectivity index (χ3v) is 5.64. The number of thiazole rings is 1. The highest BCUT2D eigenvalue weighted by Crippen LogP contribution is 2.20. The summed E-state index contributed by atoms with van der Waals surface area (Å²) in [4.78, 5) is 19.2. The van der Waals surface area contributed by atoms with Crippen LogP contribution >= 0.6 is 11.3 Å². The molecule has 152 valence electrons. The molecule has 1 amide bonds. The fraction of sp³-hybridized carbons (Fsp3) is 0.304. The Morgan fingerprint density at radius 2 is 2.03 bits per heavy atom. The van der Waals surface area contributed by atoms with Crippen LogP contribution in [-0.4, -0.2) is 21.8 Å². The number of hydrogen-bond acceptors (Lipinski definition) is 4. The van der Waals surface area contributed by atoms with Crippen molar-refractivity contribution in [3.05, 3.63) is 81.6 Å². The van der Waals surface area contributed by atoms with Gasteiger partial charge in [0.2, 0.25) is 0 Å². The van der Waals surface area contributed by atoms with Gasteiger partial charge in [0.1, 0.15) is 23.2 Å². The summed E-state index contributed by atoms with van der Waals surface area (Å²) in [6.45, 7) is 6.70. The summed E-state index contributed by atoms with van der Waals surface area (Å²) in [6, 6.07) is 13.9. The van der Waals surface area contributed by atoms with E-state index < -0.39 is 5.82 Å². The number of aryl methyl sites for hydroxylation is 1. The Bertz CT molecular complexity index is 973. The number of ether oxygens (including phenoxy) is 1. The molecule has 0 aliphatic rings. The van der Waals surface area contributed by atoms with Crippen molar-refractivity contribution in [2.24, 2.45) is 0 Å². The van der Waals surface area contributed by atoms with E-state index in [-0.39, 0.29) is 17.5 Å². The van der Waals surface area contributed by atoms with E-state index in [1.807, 2.05) is 50.4 Å². The molecule has 1 atom stereocenters. The molecule has 29 heavy (non-hydrogen) atoms. The van der Waals surface area contributed by atoms with Gasteiger partial charge in [-0.15, -0.1) is 11.3 Å². The summed E-state index contributed by atoms with van der Waals surface area (Å²) in [5.74, 6) is -0.0166. The van der Waals surface area contributed by atoms with Crippen LogP contribution < -0.4 is 4.74 Å². The van der Waals surface area contributed by atoms with E-state index in [0.29, 0.717) is 13.2 Å². The van der Waals surface area contributed by atoms with Crippen LogP contribution in [0, 0.1) is 12.7 Å². The number of carbonyl (C=O) groups excluding carboxylic acids is 1. The average Bonchev–Trinajstić information content (AvgIpc) is 3.17. The van der Waals surface area contributed by atoms with Gasteiger partial charge >= 0.3 is 0 Å². The lowest BCUT2D eigenvalue weighted by molar-refractivity contribution is 0.0664. The molecular formula is C23H25FN2O2S. The van der Waals surface area contributed by atoms with Gasteiger partial charge in [0.25, 0.3) is 5.91 Å². The Balaban J connectivity index is 1.70. The average molecular weight is 413 g/mol. The van der Waals surface area contributed by atoms with Crippen LogP contribution in [0.1, 0.15) is 46.9 Å². The molecule has 0 aliphatic carbocycles. The van der Waals surface area contributed by atoms with Crippen LogP contribution in [0.4, 0.5) is 4.39 Å². The molecule has 0 aliphatic heterocycles. The van der Waals surface area contributed by atoms with Crippen LogP contribution in [0.2, 0.25) is 0 Å². The van der Waals surface area contributed by atoms with Crippen molar-refractivity contribution >= 4 is 17.2 Å². The van der Waals surface area contributed by atoms with Crippen molar-refractivity contribution in [3.8, 4) is 5.75 Å². The van der Waals surface area contributed by atoms with E-state index in [1.54, 1.807) is 17.0 Å². The predicted octanol–water partition coefficient (Wildman–Crippen LogP) is 5.61. The largest absolute Gasteiger partial charge is 0.486 e. The highest BCUT2D eigenvalue weighted by Gasteiger charge is 2.24. The maximum atomic E-state index is 14.1. The Kier molecular flexibility index (Phi) is 6.99. The molecule has 0 spiro atoms. The highest BCUT2D eigenvalue weighted by atomic mass is 32.1. The summed E-state index contributed by atoms with van der Waals surface area (Å²) in [6.07, 6.45) is 0.771. The van der Waals surface area contributed by atoms with Crippen molar-refractivity contribution in [2.45, 2.75) is 46.4 Å². The lowest BCUT2D eigenvalue weighted by Crippen LogP contribution is -2.38. The van der Waals surface area contributed by atoms with E-state index in [1.165, 1.54) is 23.5 Å². The second-order valence-electron chi connectivity index (χ2n) is 7.01. The number of benzene rings is 2. The number of hydrogen-bond donors (Lipinski definition) is 0. The number of nitrogens with zero attached hydrogens (tertiary/aromatic N) is 2. The molecule has 4 nitrogen and oxygen atoms in total. The first-order chi connectivity index (χ1) is 14.0. The van der Waals surface area contributed by atoms with E-state index in [4.69, 9.17) is 4.74 Å². The molecule has 0 unspecified atom stereocenters. The molecule has 0 N–H and O–H groups in total. The van der Waals surface area contributed by atoms with Gasteiger partial charge in [-0.2, -0.15) is 0 Å². The van der Waals surface area contributed by atoms with Gasteiger partial charge in [-0.25, -0.2) is 9.37 Å². The number of halogens is 1. The zero-order chi connectivity index (χ0) is 20.8. The van der Waals surface area contributed by atoms with Crippen LogP contribution in [-0.2, 0) is 13.2 Å². The van der Waals surface area contributed by atoms with Gasteiger partial charge in [-0.05, 0) is 50.1 Å². The summed E-state index contributed by atoms with van der Waals surface area (Å²) in [7, 11) is 0. The Morgan fingerprint density at radius 1 is 1.24 bits per heavy atom. The van der Waals surface area contributed by atoms with Gasteiger partial charge in [-0.3, -0.25) is 4.79 Å². The summed E-state index contributed by atoms with van der Waals surface area (Å²) in [5, 5.41) is 2.77. The molecule has 3 rings (SSSR count). The number of aromatic nitrogens is 1. The van der Waals surface area contributed by atoms with Crippen LogP contribution in [0.5, 0.6) is 5.75 Å². The fourth-order valence-corrected chi connectivity index (χ4v) is 3.65. The van der Waals surface area contributed by atoms with Crippen molar-refractivity contribution < 1.29 is 13.9 Å². The molecule has 0 bridgehead atoms.